The first-order valence-electron chi connectivity index (χ1n) is 7.39. The maximum atomic E-state index is 5.98. The molecule has 1 aromatic heterocycles. The Bertz CT molecular complexity index is 426. The number of aryl methyl sites for hydroxylation is 1. The molecule has 1 unspecified atom stereocenters. The Hall–Kier alpha value is -1.13. The average molecular weight is 260 g/mol. The summed E-state index contributed by atoms with van der Waals surface area (Å²) in [5.41, 5.74) is 7.27. The molecule has 19 heavy (non-hydrogen) atoms. The molecule has 1 aromatic rings. The van der Waals surface area contributed by atoms with Gasteiger partial charge in [-0.15, -0.1) is 0 Å². The fourth-order valence-electron chi connectivity index (χ4n) is 3.23. The van der Waals surface area contributed by atoms with E-state index in [9.17, 15) is 0 Å². The van der Waals surface area contributed by atoms with Crippen molar-refractivity contribution >= 4 is 5.82 Å². The monoisotopic (exact) mass is 260 g/mol. The summed E-state index contributed by atoms with van der Waals surface area (Å²) in [7, 11) is 0. The lowest BCUT2D eigenvalue weighted by atomic mass is 10.0. The highest BCUT2D eigenvalue weighted by Gasteiger charge is 2.30. The molecule has 104 valence electrons. The molecule has 0 bridgehead atoms. The standard InChI is InChI=1S/C15H24N4/c1-12-2-6-17-15(10-12)19-9-5-14(11-19)18-7-3-13(16)4-8-18/h2,6,10,13-14H,3-5,7-9,11,16H2,1H3. The molecule has 2 fully saturated rings. The van der Waals surface area contributed by atoms with Gasteiger partial charge in [0.25, 0.3) is 0 Å². The van der Waals surface area contributed by atoms with E-state index in [0.717, 1.165) is 31.7 Å². The number of pyridine rings is 1. The summed E-state index contributed by atoms with van der Waals surface area (Å²) in [6.07, 6.45) is 5.47. The summed E-state index contributed by atoms with van der Waals surface area (Å²) < 4.78 is 0. The van der Waals surface area contributed by atoms with Gasteiger partial charge in [0, 0.05) is 31.4 Å². The Kier molecular flexibility index (Phi) is 3.71. The van der Waals surface area contributed by atoms with Crippen LogP contribution in [0.3, 0.4) is 0 Å². The minimum atomic E-state index is 0.423. The van der Waals surface area contributed by atoms with E-state index in [1.54, 1.807) is 0 Å². The summed E-state index contributed by atoms with van der Waals surface area (Å²) in [5, 5.41) is 0. The Morgan fingerprint density at radius 3 is 2.74 bits per heavy atom. The predicted molar refractivity (Wildman–Crippen MR) is 78.4 cm³/mol. The molecule has 1 atom stereocenters. The highest BCUT2D eigenvalue weighted by atomic mass is 15.3. The van der Waals surface area contributed by atoms with E-state index in [1.165, 1.54) is 25.1 Å². The van der Waals surface area contributed by atoms with Crippen LogP contribution in [-0.4, -0.2) is 48.1 Å². The molecule has 2 saturated heterocycles. The second-order valence-corrected chi connectivity index (χ2v) is 5.95. The number of likely N-dealkylation sites (tertiary alicyclic amines) is 1. The third-order valence-corrected chi connectivity index (χ3v) is 4.48. The van der Waals surface area contributed by atoms with Crippen molar-refractivity contribution in [1.29, 1.82) is 0 Å². The Morgan fingerprint density at radius 2 is 2.00 bits per heavy atom. The zero-order valence-electron chi connectivity index (χ0n) is 11.8. The summed E-state index contributed by atoms with van der Waals surface area (Å²) in [6, 6.07) is 5.36. The van der Waals surface area contributed by atoms with Crippen LogP contribution >= 0.6 is 0 Å². The normalized spacial score (nSPS) is 26.0. The third-order valence-electron chi connectivity index (χ3n) is 4.48. The lowest BCUT2D eigenvalue weighted by Crippen LogP contribution is -2.46. The number of hydrogen-bond acceptors (Lipinski definition) is 4. The van der Waals surface area contributed by atoms with Crippen LogP contribution in [0.15, 0.2) is 18.3 Å². The van der Waals surface area contributed by atoms with Gasteiger partial charge in [0.05, 0.1) is 0 Å². The van der Waals surface area contributed by atoms with E-state index in [2.05, 4.69) is 33.8 Å². The Balaban J connectivity index is 1.61. The molecule has 2 aliphatic heterocycles. The summed E-state index contributed by atoms with van der Waals surface area (Å²) in [4.78, 5) is 9.55. The zero-order chi connectivity index (χ0) is 13.2. The Labute approximate surface area is 115 Å². The number of nitrogens with zero attached hydrogens (tertiary/aromatic N) is 3. The lowest BCUT2D eigenvalue weighted by molar-refractivity contribution is 0.163. The van der Waals surface area contributed by atoms with E-state index in [0.29, 0.717) is 12.1 Å². The Morgan fingerprint density at radius 1 is 1.21 bits per heavy atom. The molecule has 0 saturated carbocycles. The number of rotatable bonds is 2. The van der Waals surface area contributed by atoms with Crippen LogP contribution < -0.4 is 10.6 Å². The molecule has 2 N–H and O–H groups in total. The minimum Gasteiger partial charge on any atom is -0.355 e. The SMILES string of the molecule is Cc1ccnc(N2CCC(N3CCC(N)CC3)C2)c1. The van der Waals surface area contributed by atoms with Gasteiger partial charge in [-0.05, 0) is 57.0 Å². The molecule has 0 radical (unpaired) electrons. The van der Waals surface area contributed by atoms with Crippen LogP contribution in [-0.2, 0) is 0 Å². The van der Waals surface area contributed by atoms with Crippen molar-refractivity contribution in [1.82, 2.24) is 9.88 Å². The van der Waals surface area contributed by atoms with Crippen LogP contribution in [0, 0.1) is 6.92 Å². The molecular formula is C15H24N4. The topological polar surface area (TPSA) is 45.4 Å². The fraction of sp³-hybridized carbons (Fsp3) is 0.667. The molecule has 0 aromatic carbocycles. The lowest BCUT2D eigenvalue weighted by Gasteiger charge is -2.34. The second-order valence-electron chi connectivity index (χ2n) is 5.95. The van der Waals surface area contributed by atoms with Gasteiger partial charge in [-0.3, -0.25) is 4.90 Å². The first-order valence-corrected chi connectivity index (χ1v) is 7.39. The highest BCUT2D eigenvalue weighted by Crippen LogP contribution is 2.23. The summed E-state index contributed by atoms with van der Waals surface area (Å²) >= 11 is 0. The van der Waals surface area contributed by atoms with E-state index in [-0.39, 0.29) is 0 Å². The van der Waals surface area contributed by atoms with Gasteiger partial charge in [-0.25, -0.2) is 4.98 Å². The van der Waals surface area contributed by atoms with Crippen molar-refractivity contribution in [2.75, 3.05) is 31.1 Å². The van der Waals surface area contributed by atoms with Gasteiger partial charge >= 0.3 is 0 Å². The van der Waals surface area contributed by atoms with Crippen LogP contribution in [0.5, 0.6) is 0 Å². The molecule has 3 rings (SSSR count). The average Bonchev–Trinajstić information content (AvgIpc) is 2.89. The zero-order valence-corrected chi connectivity index (χ0v) is 11.8. The maximum Gasteiger partial charge on any atom is 0.128 e. The van der Waals surface area contributed by atoms with Crippen LogP contribution in [0.25, 0.3) is 0 Å². The van der Waals surface area contributed by atoms with Gasteiger partial charge in [0.15, 0.2) is 0 Å². The van der Waals surface area contributed by atoms with E-state index in [1.807, 2.05) is 6.20 Å². The number of aromatic nitrogens is 1. The van der Waals surface area contributed by atoms with Crippen molar-refractivity contribution < 1.29 is 0 Å². The first-order chi connectivity index (χ1) is 9.22. The van der Waals surface area contributed by atoms with Gasteiger partial charge in [0.1, 0.15) is 5.82 Å². The van der Waals surface area contributed by atoms with E-state index in [4.69, 9.17) is 5.73 Å². The van der Waals surface area contributed by atoms with Gasteiger partial charge in [-0.2, -0.15) is 0 Å². The molecule has 0 spiro atoms. The molecule has 4 nitrogen and oxygen atoms in total. The number of anilines is 1. The van der Waals surface area contributed by atoms with Crippen molar-refractivity contribution in [3.05, 3.63) is 23.9 Å². The number of hydrogen-bond donors (Lipinski definition) is 1. The maximum absolute atomic E-state index is 5.98. The molecule has 2 aliphatic rings. The van der Waals surface area contributed by atoms with E-state index >= 15 is 0 Å². The number of piperidine rings is 1. The largest absolute Gasteiger partial charge is 0.355 e. The smallest absolute Gasteiger partial charge is 0.128 e. The third kappa shape index (κ3) is 2.90. The van der Waals surface area contributed by atoms with E-state index < -0.39 is 0 Å². The van der Waals surface area contributed by atoms with Crippen molar-refractivity contribution in [2.45, 2.75) is 38.3 Å². The molecule has 4 heteroatoms. The minimum absolute atomic E-state index is 0.423. The van der Waals surface area contributed by atoms with Crippen LogP contribution in [0.4, 0.5) is 5.82 Å². The quantitative estimate of drug-likeness (QED) is 0.873. The molecule has 3 heterocycles. The van der Waals surface area contributed by atoms with Crippen molar-refractivity contribution in [3.63, 3.8) is 0 Å². The summed E-state index contributed by atoms with van der Waals surface area (Å²) in [6.45, 7) is 6.71. The summed E-state index contributed by atoms with van der Waals surface area (Å²) in [5.74, 6) is 1.14. The molecular weight excluding hydrogens is 236 g/mol. The molecule has 0 aliphatic carbocycles. The van der Waals surface area contributed by atoms with Gasteiger partial charge in [0.2, 0.25) is 0 Å². The second kappa shape index (κ2) is 5.47. The predicted octanol–water partition coefficient (Wildman–Crippen LogP) is 1.39. The molecule has 0 amide bonds. The van der Waals surface area contributed by atoms with Crippen molar-refractivity contribution in [2.24, 2.45) is 5.73 Å². The fourth-order valence-corrected chi connectivity index (χ4v) is 3.23. The van der Waals surface area contributed by atoms with Crippen LogP contribution in [0.1, 0.15) is 24.8 Å². The van der Waals surface area contributed by atoms with Gasteiger partial charge < -0.3 is 10.6 Å². The van der Waals surface area contributed by atoms with Crippen LogP contribution in [0.2, 0.25) is 0 Å². The highest BCUT2D eigenvalue weighted by molar-refractivity contribution is 5.42. The van der Waals surface area contributed by atoms with Crippen molar-refractivity contribution in [3.8, 4) is 0 Å². The first kappa shape index (κ1) is 12.9. The van der Waals surface area contributed by atoms with Gasteiger partial charge in [-0.1, -0.05) is 0 Å². The number of nitrogens with two attached hydrogens (primary N) is 1.